The third-order valence-corrected chi connectivity index (χ3v) is 5.25. The molecular formula is C22H30N4O. The second-order valence-corrected chi connectivity index (χ2v) is 7.27. The molecule has 0 aliphatic carbocycles. The van der Waals surface area contributed by atoms with Gasteiger partial charge in [-0.25, -0.2) is 0 Å². The molecular weight excluding hydrogens is 336 g/mol. The Morgan fingerprint density at radius 3 is 2.63 bits per heavy atom. The number of nitrogens with zero attached hydrogens (tertiary/aromatic N) is 3. The van der Waals surface area contributed by atoms with Crippen molar-refractivity contribution in [1.29, 1.82) is 0 Å². The molecule has 144 valence electrons. The molecule has 5 heteroatoms. The van der Waals surface area contributed by atoms with Crippen LogP contribution in [-0.4, -0.2) is 37.1 Å². The number of pyridine rings is 1. The van der Waals surface area contributed by atoms with Crippen molar-refractivity contribution in [2.45, 2.75) is 33.6 Å². The maximum atomic E-state index is 12.6. The van der Waals surface area contributed by atoms with Crippen LogP contribution in [0.5, 0.6) is 0 Å². The first-order valence-electron chi connectivity index (χ1n) is 9.98. The van der Waals surface area contributed by atoms with Crippen molar-refractivity contribution in [3.05, 3.63) is 48.3 Å². The number of benzene rings is 1. The van der Waals surface area contributed by atoms with E-state index in [2.05, 4.69) is 40.9 Å². The lowest BCUT2D eigenvalue weighted by atomic mass is 10.00. The third-order valence-electron chi connectivity index (χ3n) is 5.25. The fourth-order valence-electron chi connectivity index (χ4n) is 3.70. The molecule has 1 aromatic heterocycles. The Morgan fingerprint density at radius 1 is 1.22 bits per heavy atom. The van der Waals surface area contributed by atoms with Crippen molar-refractivity contribution < 1.29 is 4.79 Å². The summed E-state index contributed by atoms with van der Waals surface area (Å²) in [4.78, 5) is 21.5. The minimum absolute atomic E-state index is 0.169. The number of hydrogen-bond acceptors (Lipinski definition) is 4. The molecule has 1 aromatic carbocycles. The highest BCUT2D eigenvalue weighted by molar-refractivity contribution is 6.03. The van der Waals surface area contributed by atoms with E-state index in [4.69, 9.17) is 0 Å². The summed E-state index contributed by atoms with van der Waals surface area (Å²) in [5.41, 5.74) is 3.49. The van der Waals surface area contributed by atoms with Gasteiger partial charge in [0.15, 0.2) is 0 Å². The van der Waals surface area contributed by atoms with E-state index in [1.54, 1.807) is 6.20 Å². The molecule has 2 aromatic rings. The second kappa shape index (κ2) is 8.89. The molecule has 0 radical (unpaired) electrons. The van der Waals surface area contributed by atoms with Crippen LogP contribution in [0, 0.1) is 5.92 Å². The lowest BCUT2D eigenvalue weighted by Gasteiger charge is -2.32. The Morgan fingerprint density at radius 2 is 1.96 bits per heavy atom. The van der Waals surface area contributed by atoms with Gasteiger partial charge in [-0.15, -0.1) is 0 Å². The fourth-order valence-corrected chi connectivity index (χ4v) is 3.70. The van der Waals surface area contributed by atoms with E-state index in [1.165, 1.54) is 12.8 Å². The van der Waals surface area contributed by atoms with E-state index in [1.807, 2.05) is 36.4 Å². The predicted molar refractivity (Wildman–Crippen MR) is 113 cm³/mol. The molecule has 1 N–H and O–H groups in total. The van der Waals surface area contributed by atoms with Gasteiger partial charge in [0.25, 0.3) is 5.91 Å². The highest BCUT2D eigenvalue weighted by atomic mass is 16.1. The zero-order valence-electron chi connectivity index (χ0n) is 16.6. The van der Waals surface area contributed by atoms with E-state index in [9.17, 15) is 4.79 Å². The lowest BCUT2D eigenvalue weighted by molar-refractivity contribution is 0.102. The summed E-state index contributed by atoms with van der Waals surface area (Å²) in [5, 5.41) is 2.96. The largest absolute Gasteiger partial charge is 0.372 e. The molecule has 1 aliphatic heterocycles. The maximum absolute atomic E-state index is 12.6. The smallest absolute Gasteiger partial charge is 0.274 e. The van der Waals surface area contributed by atoms with Gasteiger partial charge in [0.2, 0.25) is 0 Å². The first-order valence-corrected chi connectivity index (χ1v) is 9.98. The van der Waals surface area contributed by atoms with Crippen molar-refractivity contribution in [3.8, 4) is 0 Å². The maximum Gasteiger partial charge on any atom is 0.274 e. The van der Waals surface area contributed by atoms with E-state index in [0.717, 1.165) is 43.2 Å². The fraction of sp³-hybridized carbons (Fsp3) is 0.455. The lowest BCUT2D eigenvalue weighted by Crippen LogP contribution is -2.34. The molecule has 0 saturated carbocycles. The van der Waals surface area contributed by atoms with E-state index < -0.39 is 0 Å². The summed E-state index contributed by atoms with van der Waals surface area (Å²) in [7, 11) is 0. The number of carbonyl (C=O) groups excluding carboxylic acids is 1. The summed E-state index contributed by atoms with van der Waals surface area (Å²) >= 11 is 0. The molecule has 1 aliphatic rings. The van der Waals surface area contributed by atoms with Crippen molar-refractivity contribution >= 4 is 23.0 Å². The number of piperidine rings is 1. The number of aromatic nitrogens is 1. The molecule has 27 heavy (non-hydrogen) atoms. The van der Waals surface area contributed by atoms with Gasteiger partial charge in [0, 0.05) is 49.4 Å². The number of amides is 1. The number of rotatable bonds is 6. The van der Waals surface area contributed by atoms with Crippen molar-refractivity contribution in [2.24, 2.45) is 5.92 Å². The highest BCUT2D eigenvalue weighted by Crippen LogP contribution is 2.23. The van der Waals surface area contributed by atoms with Crippen LogP contribution < -0.4 is 15.1 Å². The molecule has 1 fully saturated rings. The van der Waals surface area contributed by atoms with Gasteiger partial charge in [-0.3, -0.25) is 9.78 Å². The first-order chi connectivity index (χ1) is 13.1. The average Bonchev–Trinajstić information content (AvgIpc) is 2.70. The Bertz CT molecular complexity index is 755. The zero-order chi connectivity index (χ0) is 19.2. The van der Waals surface area contributed by atoms with E-state index in [-0.39, 0.29) is 5.91 Å². The Labute approximate surface area is 162 Å². The van der Waals surface area contributed by atoms with Crippen molar-refractivity contribution in [2.75, 3.05) is 41.3 Å². The van der Waals surface area contributed by atoms with Crippen LogP contribution in [-0.2, 0) is 0 Å². The van der Waals surface area contributed by atoms with Crippen LogP contribution in [0.1, 0.15) is 44.1 Å². The molecule has 0 spiro atoms. The third kappa shape index (κ3) is 4.79. The molecule has 2 heterocycles. The molecule has 0 bridgehead atoms. The number of nitrogens with one attached hydrogen (secondary N) is 1. The van der Waals surface area contributed by atoms with Gasteiger partial charge in [-0.05, 0) is 69.0 Å². The number of hydrogen-bond donors (Lipinski definition) is 1. The first kappa shape index (κ1) is 19.2. The van der Waals surface area contributed by atoms with Crippen LogP contribution in [0.3, 0.4) is 0 Å². The SMILES string of the molecule is CCN(CC)c1ccc(NC(=O)c2cc(N3CCCC(C)C3)ccn2)cc1. The average molecular weight is 367 g/mol. The summed E-state index contributed by atoms with van der Waals surface area (Å²) in [6.07, 6.45) is 4.20. The predicted octanol–water partition coefficient (Wildman–Crippen LogP) is 4.42. The molecule has 3 rings (SSSR count). The van der Waals surface area contributed by atoms with Gasteiger partial charge in [0.1, 0.15) is 5.69 Å². The minimum Gasteiger partial charge on any atom is -0.372 e. The molecule has 5 nitrogen and oxygen atoms in total. The van der Waals surface area contributed by atoms with Crippen LogP contribution in [0.2, 0.25) is 0 Å². The van der Waals surface area contributed by atoms with Gasteiger partial charge in [-0.1, -0.05) is 6.92 Å². The van der Waals surface area contributed by atoms with Gasteiger partial charge < -0.3 is 15.1 Å². The van der Waals surface area contributed by atoms with Gasteiger partial charge in [-0.2, -0.15) is 0 Å². The van der Waals surface area contributed by atoms with Crippen LogP contribution in [0.25, 0.3) is 0 Å². The van der Waals surface area contributed by atoms with Crippen molar-refractivity contribution in [1.82, 2.24) is 4.98 Å². The Kier molecular flexibility index (Phi) is 6.32. The second-order valence-electron chi connectivity index (χ2n) is 7.27. The molecule has 1 unspecified atom stereocenters. The minimum atomic E-state index is -0.169. The standard InChI is InChI=1S/C22H30N4O/c1-4-25(5-2)19-10-8-18(9-11-19)24-22(27)21-15-20(12-13-23-21)26-14-6-7-17(3)16-26/h8-13,15,17H,4-7,14,16H2,1-3H3,(H,24,27). The molecule has 1 saturated heterocycles. The van der Waals surface area contributed by atoms with Crippen molar-refractivity contribution in [3.63, 3.8) is 0 Å². The molecule has 1 amide bonds. The molecule has 1 atom stereocenters. The summed E-state index contributed by atoms with van der Waals surface area (Å²) in [6.45, 7) is 10.6. The number of anilines is 3. The van der Waals surface area contributed by atoms with Crippen LogP contribution in [0.15, 0.2) is 42.6 Å². The van der Waals surface area contributed by atoms with E-state index in [0.29, 0.717) is 11.6 Å². The Hall–Kier alpha value is -2.56. The van der Waals surface area contributed by atoms with Gasteiger partial charge in [0.05, 0.1) is 0 Å². The monoisotopic (exact) mass is 366 g/mol. The summed E-state index contributed by atoms with van der Waals surface area (Å²) in [6, 6.07) is 11.9. The van der Waals surface area contributed by atoms with Gasteiger partial charge >= 0.3 is 0 Å². The summed E-state index contributed by atoms with van der Waals surface area (Å²) < 4.78 is 0. The Balaban J connectivity index is 1.68. The van der Waals surface area contributed by atoms with E-state index >= 15 is 0 Å². The normalized spacial score (nSPS) is 16.9. The van der Waals surface area contributed by atoms with Crippen LogP contribution in [0.4, 0.5) is 17.1 Å². The summed E-state index contributed by atoms with van der Waals surface area (Å²) in [5.74, 6) is 0.519. The topological polar surface area (TPSA) is 48.5 Å². The number of carbonyl (C=O) groups is 1. The van der Waals surface area contributed by atoms with Crippen LogP contribution >= 0.6 is 0 Å². The quantitative estimate of drug-likeness (QED) is 0.822. The zero-order valence-corrected chi connectivity index (χ0v) is 16.6. The highest BCUT2D eigenvalue weighted by Gasteiger charge is 2.18.